The molecule has 0 saturated carbocycles. The molecule has 1 heterocycles. The highest BCUT2D eigenvalue weighted by Crippen LogP contribution is 2.21. The molecule has 4 heteroatoms. The molecule has 1 aliphatic rings. The second-order valence-corrected chi connectivity index (χ2v) is 6.30. The van der Waals surface area contributed by atoms with Crippen molar-refractivity contribution in [1.82, 2.24) is 9.80 Å². The lowest BCUT2D eigenvalue weighted by Crippen LogP contribution is -2.36. The molecule has 3 rings (SSSR count). The number of nitrogens with zero attached hydrogens (tertiary/aromatic N) is 2. The molecule has 2 aromatic carbocycles. The average molecular weight is 336 g/mol. The van der Waals surface area contributed by atoms with Crippen molar-refractivity contribution >= 4 is 11.8 Å². The van der Waals surface area contributed by atoms with Crippen LogP contribution in [0.15, 0.2) is 48.5 Å². The molecular formula is C21H24N2O2. The first-order valence-electron chi connectivity index (χ1n) is 8.89. The maximum Gasteiger partial charge on any atom is 0.254 e. The van der Waals surface area contributed by atoms with E-state index in [1.807, 2.05) is 30.9 Å². The van der Waals surface area contributed by atoms with Gasteiger partial charge in [-0.15, -0.1) is 0 Å². The second-order valence-electron chi connectivity index (χ2n) is 6.30. The molecule has 0 atom stereocenters. The average Bonchev–Trinajstić information content (AvgIpc) is 2.68. The van der Waals surface area contributed by atoms with Crippen molar-refractivity contribution in [2.75, 3.05) is 19.6 Å². The first-order chi connectivity index (χ1) is 12.1. The fourth-order valence-electron chi connectivity index (χ4n) is 3.33. The number of carbonyl (C=O) groups is 2. The van der Waals surface area contributed by atoms with E-state index in [9.17, 15) is 9.59 Å². The zero-order valence-corrected chi connectivity index (χ0v) is 14.9. The number of amides is 2. The van der Waals surface area contributed by atoms with Crippen LogP contribution in [0.5, 0.6) is 0 Å². The van der Waals surface area contributed by atoms with E-state index in [0.717, 1.165) is 6.42 Å². The number of fused-ring (bicyclic) bond motifs is 1. The fraction of sp³-hybridized carbons (Fsp3) is 0.333. The van der Waals surface area contributed by atoms with Gasteiger partial charge in [0.15, 0.2) is 0 Å². The molecule has 130 valence electrons. The predicted octanol–water partition coefficient (Wildman–Crippen LogP) is 3.37. The van der Waals surface area contributed by atoms with Crippen molar-refractivity contribution in [2.24, 2.45) is 0 Å². The minimum Gasteiger partial charge on any atom is -0.339 e. The van der Waals surface area contributed by atoms with E-state index in [2.05, 4.69) is 12.1 Å². The standard InChI is InChI=1S/C21H24N2O2/c1-3-22(4-2)20(24)17-10-7-11-18(14-17)21(25)23-13-12-16-8-5-6-9-19(16)15-23/h5-11,14H,3-4,12-13,15H2,1-2H3. The van der Waals surface area contributed by atoms with Crippen molar-refractivity contribution in [2.45, 2.75) is 26.8 Å². The number of benzene rings is 2. The van der Waals surface area contributed by atoms with E-state index >= 15 is 0 Å². The van der Waals surface area contributed by atoms with E-state index in [-0.39, 0.29) is 11.8 Å². The van der Waals surface area contributed by atoms with Gasteiger partial charge in [0, 0.05) is 37.3 Å². The molecule has 0 N–H and O–H groups in total. The SMILES string of the molecule is CCN(CC)C(=O)c1cccc(C(=O)N2CCc3ccccc3C2)c1. The predicted molar refractivity (Wildman–Crippen MR) is 98.6 cm³/mol. The highest BCUT2D eigenvalue weighted by atomic mass is 16.2. The summed E-state index contributed by atoms with van der Waals surface area (Å²) in [5.41, 5.74) is 3.68. The van der Waals surface area contributed by atoms with Crippen LogP contribution in [0.4, 0.5) is 0 Å². The quantitative estimate of drug-likeness (QED) is 0.859. The van der Waals surface area contributed by atoms with Crippen molar-refractivity contribution in [3.8, 4) is 0 Å². The third-order valence-electron chi connectivity index (χ3n) is 4.82. The van der Waals surface area contributed by atoms with Crippen molar-refractivity contribution in [3.63, 3.8) is 0 Å². The summed E-state index contributed by atoms with van der Waals surface area (Å²) in [6.07, 6.45) is 0.875. The third kappa shape index (κ3) is 3.58. The van der Waals surface area contributed by atoms with Crippen LogP contribution in [0.1, 0.15) is 45.7 Å². The summed E-state index contributed by atoms with van der Waals surface area (Å²) in [6.45, 7) is 6.59. The Kier molecular flexibility index (Phi) is 5.17. The van der Waals surface area contributed by atoms with E-state index in [0.29, 0.717) is 37.3 Å². The molecular weight excluding hydrogens is 312 g/mol. The molecule has 0 aromatic heterocycles. The third-order valence-corrected chi connectivity index (χ3v) is 4.82. The van der Waals surface area contributed by atoms with Gasteiger partial charge in [-0.1, -0.05) is 30.3 Å². The molecule has 2 aromatic rings. The van der Waals surface area contributed by atoms with E-state index < -0.39 is 0 Å². The minimum absolute atomic E-state index is 0.0105. The molecule has 0 aliphatic carbocycles. The molecule has 25 heavy (non-hydrogen) atoms. The smallest absolute Gasteiger partial charge is 0.254 e. The molecule has 0 spiro atoms. The van der Waals surface area contributed by atoms with E-state index in [1.54, 1.807) is 29.2 Å². The van der Waals surface area contributed by atoms with Crippen LogP contribution in [-0.4, -0.2) is 41.2 Å². The zero-order chi connectivity index (χ0) is 17.8. The first-order valence-corrected chi connectivity index (χ1v) is 8.89. The number of hydrogen-bond donors (Lipinski definition) is 0. The van der Waals surface area contributed by atoms with Gasteiger partial charge in [0.05, 0.1) is 0 Å². The molecule has 0 fully saturated rings. The van der Waals surface area contributed by atoms with Crippen LogP contribution in [-0.2, 0) is 13.0 Å². The topological polar surface area (TPSA) is 40.6 Å². The van der Waals surface area contributed by atoms with Gasteiger partial charge in [-0.05, 0) is 49.6 Å². The summed E-state index contributed by atoms with van der Waals surface area (Å²) < 4.78 is 0. The fourth-order valence-corrected chi connectivity index (χ4v) is 3.33. The van der Waals surface area contributed by atoms with E-state index in [4.69, 9.17) is 0 Å². The van der Waals surface area contributed by atoms with Gasteiger partial charge in [0.25, 0.3) is 11.8 Å². The Bertz CT molecular complexity index is 781. The highest BCUT2D eigenvalue weighted by Gasteiger charge is 2.22. The number of carbonyl (C=O) groups excluding carboxylic acids is 2. The van der Waals surface area contributed by atoms with Crippen LogP contribution < -0.4 is 0 Å². The maximum absolute atomic E-state index is 12.9. The van der Waals surface area contributed by atoms with Crippen molar-refractivity contribution in [1.29, 1.82) is 0 Å². The van der Waals surface area contributed by atoms with Gasteiger partial charge >= 0.3 is 0 Å². The van der Waals surface area contributed by atoms with Crippen LogP contribution in [0.3, 0.4) is 0 Å². The van der Waals surface area contributed by atoms with Crippen LogP contribution in [0, 0.1) is 0 Å². The summed E-state index contributed by atoms with van der Waals surface area (Å²) in [7, 11) is 0. The summed E-state index contributed by atoms with van der Waals surface area (Å²) >= 11 is 0. The molecule has 2 amide bonds. The monoisotopic (exact) mass is 336 g/mol. The Labute approximate surface area is 149 Å². The summed E-state index contributed by atoms with van der Waals surface area (Å²) in [5.74, 6) is -0.0349. The number of rotatable bonds is 4. The number of hydrogen-bond acceptors (Lipinski definition) is 2. The summed E-state index contributed by atoms with van der Waals surface area (Å²) in [6, 6.07) is 15.3. The lowest BCUT2D eigenvalue weighted by Gasteiger charge is -2.29. The molecule has 0 saturated heterocycles. The molecule has 4 nitrogen and oxygen atoms in total. The van der Waals surface area contributed by atoms with Gasteiger partial charge in [-0.25, -0.2) is 0 Å². The summed E-state index contributed by atoms with van der Waals surface area (Å²) in [5, 5.41) is 0. The molecule has 0 bridgehead atoms. The Morgan fingerprint density at radius 2 is 1.64 bits per heavy atom. The summed E-state index contributed by atoms with van der Waals surface area (Å²) in [4.78, 5) is 29.0. The maximum atomic E-state index is 12.9. The zero-order valence-electron chi connectivity index (χ0n) is 14.9. The van der Waals surface area contributed by atoms with Gasteiger partial charge in [-0.2, -0.15) is 0 Å². The van der Waals surface area contributed by atoms with Gasteiger partial charge in [0.1, 0.15) is 0 Å². The normalized spacial score (nSPS) is 13.3. The van der Waals surface area contributed by atoms with Gasteiger partial charge in [-0.3, -0.25) is 9.59 Å². The Morgan fingerprint density at radius 3 is 2.36 bits per heavy atom. The van der Waals surface area contributed by atoms with Crippen molar-refractivity contribution < 1.29 is 9.59 Å². The highest BCUT2D eigenvalue weighted by molar-refractivity contribution is 5.99. The molecule has 0 unspecified atom stereocenters. The Balaban J connectivity index is 1.79. The van der Waals surface area contributed by atoms with Crippen LogP contribution in [0.25, 0.3) is 0 Å². The largest absolute Gasteiger partial charge is 0.339 e. The Hall–Kier alpha value is -2.62. The Morgan fingerprint density at radius 1 is 0.960 bits per heavy atom. The van der Waals surface area contributed by atoms with Crippen LogP contribution >= 0.6 is 0 Å². The van der Waals surface area contributed by atoms with Gasteiger partial charge < -0.3 is 9.80 Å². The first kappa shape index (κ1) is 17.2. The minimum atomic E-state index is -0.0244. The lowest BCUT2D eigenvalue weighted by molar-refractivity contribution is 0.0734. The van der Waals surface area contributed by atoms with Crippen molar-refractivity contribution in [3.05, 3.63) is 70.8 Å². The van der Waals surface area contributed by atoms with Crippen LogP contribution in [0.2, 0.25) is 0 Å². The molecule has 0 radical (unpaired) electrons. The molecule has 1 aliphatic heterocycles. The lowest BCUT2D eigenvalue weighted by atomic mass is 9.99. The van der Waals surface area contributed by atoms with E-state index in [1.165, 1.54) is 11.1 Å². The second kappa shape index (κ2) is 7.51. The van der Waals surface area contributed by atoms with Gasteiger partial charge in [0.2, 0.25) is 0 Å².